The average molecular weight is 499 g/mol. The van der Waals surface area contributed by atoms with Crippen LogP contribution in [0.1, 0.15) is 81.5 Å². The fourth-order valence-corrected chi connectivity index (χ4v) is 4.91. The Labute approximate surface area is 219 Å². The molecule has 37 heavy (non-hydrogen) atoms. The van der Waals surface area contributed by atoms with Gasteiger partial charge in [0, 0.05) is 34.3 Å². The highest BCUT2D eigenvalue weighted by molar-refractivity contribution is 6.08. The molecule has 2 aromatic carbocycles. The number of unbranched alkanes of at least 4 members (excludes halogenated alkanes) is 9. The van der Waals surface area contributed by atoms with Crippen molar-refractivity contribution in [2.45, 2.75) is 71.1 Å². The summed E-state index contributed by atoms with van der Waals surface area (Å²) < 4.78 is 11.8. The largest absolute Gasteiger partial charge is 0.462 e. The van der Waals surface area contributed by atoms with Crippen LogP contribution in [-0.2, 0) is 4.74 Å². The van der Waals surface area contributed by atoms with E-state index in [9.17, 15) is 4.79 Å². The molecule has 5 heteroatoms. The highest BCUT2D eigenvalue weighted by Gasteiger charge is 2.22. The van der Waals surface area contributed by atoms with Crippen molar-refractivity contribution >= 4 is 22.6 Å². The van der Waals surface area contributed by atoms with Gasteiger partial charge in [0.1, 0.15) is 11.3 Å². The lowest BCUT2D eigenvalue weighted by molar-refractivity contribution is 0.0498. The van der Waals surface area contributed by atoms with Crippen LogP contribution in [0.5, 0.6) is 0 Å². The third kappa shape index (κ3) is 6.79. The number of ether oxygens (including phenoxy) is 1. The molecule has 0 bridgehead atoms. The van der Waals surface area contributed by atoms with Crippen LogP contribution in [0.3, 0.4) is 0 Å². The maximum absolute atomic E-state index is 13.2. The highest BCUT2D eigenvalue weighted by Crippen LogP contribution is 2.41. The molecule has 0 radical (unpaired) electrons. The van der Waals surface area contributed by atoms with Gasteiger partial charge in [0.05, 0.1) is 17.5 Å². The SMILES string of the molecule is CCCCCCCCCCCCOC(=O)c1ccccc1-c1c2ccc(=N)cc-2oc2cc(N)ccc12. The average Bonchev–Trinajstić information content (AvgIpc) is 2.90. The van der Waals surface area contributed by atoms with Crippen LogP contribution in [0, 0.1) is 5.41 Å². The van der Waals surface area contributed by atoms with Crippen molar-refractivity contribution in [2.24, 2.45) is 0 Å². The summed E-state index contributed by atoms with van der Waals surface area (Å²) in [5, 5.41) is 9.25. The molecule has 194 valence electrons. The number of hydrogen-bond acceptors (Lipinski definition) is 5. The first-order valence-electron chi connectivity index (χ1n) is 13.7. The Morgan fingerprint density at radius 1 is 0.838 bits per heavy atom. The van der Waals surface area contributed by atoms with Crippen molar-refractivity contribution in [1.29, 1.82) is 5.41 Å². The van der Waals surface area contributed by atoms with Crippen LogP contribution >= 0.6 is 0 Å². The Hall–Kier alpha value is -3.60. The number of anilines is 1. The second-order valence-electron chi connectivity index (χ2n) is 9.81. The van der Waals surface area contributed by atoms with Crippen molar-refractivity contribution in [3.63, 3.8) is 0 Å². The summed E-state index contributed by atoms with van der Waals surface area (Å²) in [5.74, 6) is 0.260. The van der Waals surface area contributed by atoms with Gasteiger partial charge >= 0.3 is 5.97 Å². The Morgan fingerprint density at radius 2 is 1.54 bits per heavy atom. The van der Waals surface area contributed by atoms with Gasteiger partial charge in [-0.05, 0) is 42.3 Å². The number of carbonyl (C=O) groups is 1. The van der Waals surface area contributed by atoms with E-state index in [0.717, 1.165) is 34.9 Å². The van der Waals surface area contributed by atoms with E-state index in [-0.39, 0.29) is 5.97 Å². The minimum atomic E-state index is -0.318. The Morgan fingerprint density at radius 3 is 2.30 bits per heavy atom. The first-order chi connectivity index (χ1) is 18.1. The van der Waals surface area contributed by atoms with Gasteiger partial charge in [-0.2, -0.15) is 0 Å². The monoisotopic (exact) mass is 498 g/mol. The minimum absolute atomic E-state index is 0.318. The number of rotatable bonds is 13. The molecule has 1 aliphatic heterocycles. The molecule has 0 amide bonds. The number of carbonyl (C=O) groups excluding carboxylic acids is 1. The number of benzene rings is 3. The first-order valence-corrected chi connectivity index (χ1v) is 13.7. The summed E-state index contributed by atoms with van der Waals surface area (Å²) in [5.41, 5.74) is 10.2. The molecule has 0 saturated heterocycles. The van der Waals surface area contributed by atoms with Crippen LogP contribution in [-0.4, -0.2) is 12.6 Å². The molecule has 1 aliphatic carbocycles. The zero-order chi connectivity index (χ0) is 26.0. The van der Waals surface area contributed by atoms with E-state index in [4.69, 9.17) is 20.3 Å². The van der Waals surface area contributed by atoms with Crippen molar-refractivity contribution < 1.29 is 13.9 Å². The number of fused-ring (bicyclic) bond motifs is 2. The Balaban J connectivity index is 1.46. The van der Waals surface area contributed by atoms with Gasteiger partial charge in [0.2, 0.25) is 0 Å². The van der Waals surface area contributed by atoms with Gasteiger partial charge in [-0.15, -0.1) is 0 Å². The third-order valence-corrected chi connectivity index (χ3v) is 6.89. The zero-order valence-corrected chi connectivity index (χ0v) is 21.9. The molecule has 4 rings (SSSR count). The Bertz CT molecular complexity index is 1360. The second-order valence-corrected chi connectivity index (χ2v) is 9.81. The van der Waals surface area contributed by atoms with E-state index in [2.05, 4.69) is 6.92 Å². The van der Waals surface area contributed by atoms with Crippen LogP contribution in [0.2, 0.25) is 0 Å². The van der Waals surface area contributed by atoms with Gasteiger partial charge in [-0.3, -0.25) is 0 Å². The molecule has 0 saturated carbocycles. The van der Waals surface area contributed by atoms with Crippen molar-refractivity contribution in [2.75, 3.05) is 12.3 Å². The molecule has 0 fully saturated rings. The summed E-state index contributed by atoms with van der Waals surface area (Å²) in [6.45, 7) is 2.67. The molecule has 2 aromatic rings. The van der Waals surface area contributed by atoms with Crippen molar-refractivity contribution in [3.05, 3.63) is 71.6 Å². The number of nitrogens with two attached hydrogens (primary N) is 1. The van der Waals surface area contributed by atoms with Gasteiger partial charge < -0.3 is 20.3 Å². The Kier molecular flexibility index (Phi) is 9.36. The van der Waals surface area contributed by atoms with E-state index in [1.54, 1.807) is 18.2 Å². The lowest BCUT2D eigenvalue weighted by Gasteiger charge is -2.17. The highest BCUT2D eigenvalue weighted by atomic mass is 16.5. The number of esters is 1. The molecule has 1 heterocycles. The lowest BCUT2D eigenvalue weighted by atomic mass is 9.90. The summed E-state index contributed by atoms with van der Waals surface area (Å²) in [4.78, 5) is 13.2. The maximum atomic E-state index is 13.2. The molecule has 5 nitrogen and oxygen atoms in total. The van der Waals surface area contributed by atoms with Gasteiger partial charge in [-0.25, -0.2) is 4.79 Å². The van der Waals surface area contributed by atoms with E-state index >= 15 is 0 Å². The van der Waals surface area contributed by atoms with Crippen LogP contribution < -0.4 is 11.1 Å². The summed E-state index contributed by atoms with van der Waals surface area (Å²) >= 11 is 0. The van der Waals surface area contributed by atoms with Gasteiger partial charge in [0.25, 0.3) is 0 Å². The van der Waals surface area contributed by atoms with Crippen LogP contribution in [0.15, 0.2) is 65.1 Å². The molecule has 0 atom stereocenters. The fourth-order valence-electron chi connectivity index (χ4n) is 4.91. The quantitative estimate of drug-likeness (QED) is 0.0839. The molecule has 0 unspecified atom stereocenters. The van der Waals surface area contributed by atoms with Crippen LogP contribution in [0.4, 0.5) is 5.69 Å². The molecule has 2 aliphatic rings. The zero-order valence-electron chi connectivity index (χ0n) is 21.9. The molecule has 0 aromatic heterocycles. The van der Waals surface area contributed by atoms with E-state index in [1.807, 2.05) is 42.5 Å². The maximum Gasteiger partial charge on any atom is 0.338 e. The van der Waals surface area contributed by atoms with E-state index in [1.165, 1.54) is 51.4 Å². The summed E-state index contributed by atoms with van der Waals surface area (Å²) in [6, 6.07) is 18.4. The lowest BCUT2D eigenvalue weighted by Crippen LogP contribution is -2.09. The van der Waals surface area contributed by atoms with Gasteiger partial charge in [0.15, 0.2) is 0 Å². The molecular formula is C32H38N2O3. The predicted octanol–water partition coefficient (Wildman–Crippen LogP) is 8.34. The molecule has 0 spiro atoms. The van der Waals surface area contributed by atoms with Gasteiger partial charge in [-0.1, -0.05) is 82.9 Å². The van der Waals surface area contributed by atoms with Crippen LogP contribution in [0.25, 0.3) is 33.4 Å². The van der Waals surface area contributed by atoms with E-state index < -0.39 is 0 Å². The predicted molar refractivity (Wildman–Crippen MR) is 151 cm³/mol. The molecular weight excluding hydrogens is 460 g/mol. The smallest absolute Gasteiger partial charge is 0.338 e. The topological polar surface area (TPSA) is 89.3 Å². The normalized spacial score (nSPS) is 11.3. The molecule has 3 N–H and O–H groups in total. The first kappa shape index (κ1) is 26.5. The summed E-state index contributed by atoms with van der Waals surface area (Å²) in [7, 11) is 0. The third-order valence-electron chi connectivity index (χ3n) is 6.89. The second kappa shape index (κ2) is 13.1. The standard InChI is InChI=1S/C32H38N2O3/c1-2-3-4-5-6-7-8-9-10-13-20-36-32(35)26-15-12-11-14-25(26)31-27-18-16-23(33)21-29(27)37-30-22-24(34)17-19-28(30)31/h11-12,14-19,21-22,33H,2-10,13,20,34H2,1H3. The van der Waals surface area contributed by atoms with E-state index in [0.29, 0.717) is 34.6 Å². The van der Waals surface area contributed by atoms with Crippen molar-refractivity contribution in [1.82, 2.24) is 0 Å². The fraction of sp³-hybridized carbons (Fsp3) is 0.375. The number of hydrogen-bond donors (Lipinski definition) is 2. The van der Waals surface area contributed by atoms with Crippen molar-refractivity contribution in [3.8, 4) is 22.5 Å². The summed E-state index contributed by atoms with van der Waals surface area (Å²) in [6.07, 6.45) is 12.4. The number of nitrogens with one attached hydrogen (secondary N) is 1. The number of nitrogen functional groups attached to an aromatic ring is 1. The minimum Gasteiger partial charge on any atom is -0.462 e.